The molecule has 116 valence electrons. The molecular weight excluding hydrogens is 272 g/mol. The van der Waals surface area contributed by atoms with Gasteiger partial charge in [-0.3, -0.25) is 4.98 Å². The van der Waals surface area contributed by atoms with Gasteiger partial charge in [-0.2, -0.15) is 0 Å². The monoisotopic (exact) mass is 296 g/mol. The summed E-state index contributed by atoms with van der Waals surface area (Å²) in [5.74, 6) is 0.232. The van der Waals surface area contributed by atoms with Gasteiger partial charge in [0.25, 0.3) is 0 Å². The highest BCUT2D eigenvalue weighted by atomic mass is 16.3. The molecule has 2 aromatic heterocycles. The molecule has 1 aromatic carbocycles. The fourth-order valence-electron chi connectivity index (χ4n) is 2.24. The molecule has 0 aliphatic rings. The average Bonchev–Trinajstić information content (AvgIpc) is 2.90. The van der Waals surface area contributed by atoms with E-state index in [1.165, 1.54) is 23.8 Å². The van der Waals surface area contributed by atoms with Gasteiger partial charge in [0.15, 0.2) is 0 Å². The smallest absolute Gasteiger partial charge is 0.0854 e. The third-order valence-electron chi connectivity index (χ3n) is 3.67. The summed E-state index contributed by atoms with van der Waals surface area (Å²) in [7, 11) is 0. The van der Waals surface area contributed by atoms with E-state index in [4.69, 9.17) is 5.11 Å². The van der Waals surface area contributed by atoms with Crippen LogP contribution in [0.15, 0.2) is 49.0 Å². The lowest BCUT2D eigenvalue weighted by Gasteiger charge is -2.00. The fraction of sp³-hybridized carbons (Fsp3) is 0.316. The van der Waals surface area contributed by atoms with Gasteiger partial charge in [0, 0.05) is 40.6 Å². The molecule has 0 bridgehead atoms. The lowest BCUT2D eigenvalue weighted by atomic mass is 10.1. The molecular formula is C19H24N2O. The number of fused-ring (bicyclic) bond motifs is 3. The Labute approximate surface area is 131 Å². The number of rotatable bonds is 4. The Bertz CT molecular complexity index is 756. The zero-order valence-electron chi connectivity index (χ0n) is 13.4. The van der Waals surface area contributed by atoms with Gasteiger partial charge in [0.05, 0.1) is 5.76 Å². The van der Waals surface area contributed by atoms with Crippen molar-refractivity contribution in [3.05, 3.63) is 54.6 Å². The molecule has 0 unspecified atom stereocenters. The Morgan fingerprint density at radius 2 is 1.91 bits per heavy atom. The number of nitrogens with zero attached hydrogens (tertiary/aromatic N) is 1. The van der Waals surface area contributed by atoms with Crippen molar-refractivity contribution in [1.82, 2.24) is 9.97 Å². The third kappa shape index (κ3) is 3.88. The van der Waals surface area contributed by atoms with Gasteiger partial charge in [0.1, 0.15) is 0 Å². The maximum absolute atomic E-state index is 9.13. The normalized spacial score (nSPS) is 10.5. The average molecular weight is 296 g/mol. The number of aliphatic hydroxyl groups excluding tert-OH is 1. The first-order chi connectivity index (χ1) is 10.7. The van der Waals surface area contributed by atoms with Crippen molar-refractivity contribution in [1.29, 1.82) is 0 Å². The lowest BCUT2D eigenvalue weighted by molar-refractivity contribution is 0.391. The Hall–Kier alpha value is -2.29. The molecule has 0 saturated carbocycles. The first-order valence-corrected chi connectivity index (χ1v) is 7.86. The SMILES string of the molecule is C=C(O)CCc1ccc2c(c1)[nH]c1ccncc12.CCCC. The van der Waals surface area contributed by atoms with Gasteiger partial charge >= 0.3 is 0 Å². The second kappa shape index (κ2) is 7.64. The van der Waals surface area contributed by atoms with Crippen LogP contribution in [0.1, 0.15) is 38.7 Å². The summed E-state index contributed by atoms with van der Waals surface area (Å²) >= 11 is 0. The van der Waals surface area contributed by atoms with Crippen LogP contribution in [0.25, 0.3) is 21.8 Å². The molecule has 0 spiro atoms. The molecule has 3 heteroatoms. The topological polar surface area (TPSA) is 48.9 Å². The number of H-pyrrole nitrogens is 1. The third-order valence-corrected chi connectivity index (χ3v) is 3.67. The van der Waals surface area contributed by atoms with Gasteiger partial charge in [-0.15, -0.1) is 0 Å². The van der Waals surface area contributed by atoms with Crippen molar-refractivity contribution in [2.24, 2.45) is 0 Å². The van der Waals surface area contributed by atoms with Gasteiger partial charge in [0.2, 0.25) is 0 Å². The summed E-state index contributed by atoms with van der Waals surface area (Å²) in [6, 6.07) is 8.29. The Morgan fingerprint density at radius 1 is 1.14 bits per heavy atom. The predicted molar refractivity (Wildman–Crippen MR) is 94.3 cm³/mol. The van der Waals surface area contributed by atoms with E-state index in [1.54, 1.807) is 6.20 Å². The van der Waals surface area contributed by atoms with Crippen LogP contribution >= 0.6 is 0 Å². The molecule has 3 aromatic rings. The quantitative estimate of drug-likeness (QED) is 0.622. The molecule has 0 aliphatic heterocycles. The van der Waals surface area contributed by atoms with Crippen LogP contribution in [-0.2, 0) is 6.42 Å². The van der Waals surface area contributed by atoms with E-state index in [9.17, 15) is 0 Å². The van der Waals surface area contributed by atoms with Crippen molar-refractivity contribution in [3.8, 4) is 0 Å². The number of pyridine rings is 1. The van der Waals surface area contributed by atoms with Gasteiger partial charge in [-0.1, -0.05) is 45.4 Å². The van der Waals surface area contributed by atoms with E-state index < -0.39 is 0 Å². The van der Waals surface area contributed by atoms with Crippen LogP contribution in [0.5, 0.6) is 0 Å². The zero-order valence-corrected chi connectivity index (χ0v) is 13.4. The lowest BCUT2D eigenvalue weighted by Crippen LogP contribution is -1.87. The number of hydrogen-bond acceptors (Lipinski definition) is 2. The summed E-state index contributed by atoms with van der Waals surface area (Å²) in [6.45, 7) is 7.87. The van der Waals surface area contributed by atoms with E-state index in [0.29, 0.717) is 6.42 Å². The van der Waals surface area contributed by atoms with Crippen molar-refractivity contribution < 1.29 is 5.11 Å². The van der Waals surface area contributed by atoms with Crippen molar-refractivity contribution in [2.75, 3.05) is 0 Å². The maximum Gasteiger partial charge on any atom is 0.0854 e. The largest absolute Gasteiger partial charge is 0.513 e. The summed E-state index contributed by atoms with van der Waals surface area (Å²) < 4.78 is 0. The first-order valence-electron chi connectivity index (χ1n) is 7.86. The van der Waals surface area contributed by atoms with Crippen LogP contribution in [0.2, 0.25) is 0 Å². The van der Waals surface area contributed by atoms with Crippen LogP contribution in [0, 0.1) is 0 Å². The number of benzene rings is 1. The number of hydrogen-bond donors (Lipinski definition) is 2. The predicted octanol–water partition coefficient (Wildman–Crippen LogP) is 5.53. The molecule has 2 heterocycles. The summed E-state index contributed by atoms with van der Waals surface area (Å²) in [6.07, 6.45) is 7.71. The summed E-state index contributed by atoms with van der Waals surface area (Å²) in [4.78, 5) is 7.53. The molecule has 3 rings (SSSR count). The molecule has 2 N–H and O–H groups in total. The van der Waals surface area contributed by atoms with Crippen LogP contribution < -0.4 is 0 Å². The molecule has 0 aliphatic carbocycles. The van der Waals surface area contributed by atoms with Crippen LogP contribution in [-0.4, -0.2) is 15.1 Å². The molecule has 3 nitrogen and oxygen atoms in total. The minimum absolute atomic E-state index is 0.232. The van der Waals surface area contributed by atoms with Crippen molar-refractivity contribution in [2.45, 2.75) is 39.5 Å². The Balaban J connectivity index is 0.000000396. The number of unbranched alkanes of at least 4 members (excludes halogenated alkanes) is 1. The number of allylic oxidation sites excluding steroid dienone is 1. The van der Waals surface area contributed by atoms with Crippen LogP contribution in [0.3, 0.4) is 0 Å². The van der Waals surface area contributed by atoms with E-state index in [1.807, 2.05) is 12.3 Å². The zero-order chi connectivity index (χ0) is 15.9. The Morgan fingerprint density at radius 3 is 2.59 bits per heavy atom. The van der Waals surface area contributed by atoms with Gasteiger partial charge in [-0.05, 0) is 24.1 Å². The van der Waals surface area contributed by atoms with Gasteiger partial charge < -0.3 is 10.1 Å². The standard InChI is InChI=1S/C15H14N2O.C4H10/c1-10(18)2-3-11-4-5-12-13-9-16-7-6-14(13)17-15(12)8-11;1-3-4-2/h4-9,17-18H,1-3H2;3-4H2,1-2H3. The number of aromatic nitrogens is 2. The molecule has 0 atom stereocenters. The molecule has 0 radical (unpaired) electrons. The molecule has 22 heavy (non-hydrogen) atoms. The molecule has 0 amide bonds. The van der Waals surface area contributed by atoms with E-state index in [2.05, 4.69) is 48.6 Å². The molecule has 0 saturated heterocycles. The van der Waals surface area contributed by atoms with Crippen LogP contribution in [0.4, 0.5) is 0 Å². The highest BCUT2D eigenvalue weighted by molar-refractivity contribution is 6.06. The fourth-order valence-corrected chi connectivity index (χ4v) is 2.24. The first kappa shape index (κ1) is 16.1. The summed E-state index contributed by atoms with van der Waals surface area (Å²) in [5.41, 5.74) is 3.40. The van der Waals surface area contributed by atoms with E-state index in [-0.39, 0.29) is 5.76 Å². The van der Waals surface area contributed by atoms with Gasteiger partial charge in [-0.25, -0.2) is 0 Å². The number of aliphatic hydroxyl groups is 1. The Kier molecular flexibility index (Phi) is 5.59. The second-order valence-electron chi connectivity index (χ2n) is 5.49. The highest BCUT2D eigenvalue weighted by Crippen LogP contribution is 2.25. The number of aryl methyl sites for hydroxylation is 1. The van der Waals surface area contributed by atoms with E-state index >= 15 is 0 Å². The number of nitrogens with one attached hydrogen (secondary N) is 1. The molecule has 0 fully saturated rings. The van der Waals surface area contributed by atoms with E-state index in [0.717, 1.165) is 22.8 Å². The minimum atomic E-state index is 0.232. The highest BCUT2D eigenvalue weighted by Gasteiger charge is 2.04. The van der Waals surface area contributed by atoms with Crippen molar-refractivity contribution >= 4 is 21.8 Å². The van der Waals surface area contributed by atoms with Crippen molar-refractivity contribution in [3.63, 3.8) is 0 Å². The number of aromatic amines is 1. The minimum Gasteiger partial charge on any atom is -0.513 e. The summed E-state index contributed by atoms with van der Waals surface area (Å²) in [5, 5.41) is 11.5. The maximum atomic E-state index is 9.13. The second-order valence-corrected chi connectivity index (χ2v) is 5.49.